The van der Waals surface area contributed by atoms with Gasteiger partial charge in [-0.3, -0.25) is 4.79 Å². The molecule has 2 aromatic rings. The lowest BCUT2D eigenvalue weighted by atomic mass is 9.97. The Morgan fingerprint density at radius 1 is 1.17 bits per heavy atom. The zero-order valence-corrected chi connectivity index (χ0v) is 18.2. The summed E-state index contributed by atoms with van der Waals surface area (Å²) in [7, 11) is 5.37. The molecule has 0 N–H and O–H groups in total. The van der Waals surface area contributed by atoms with Crippen molar-refractivity contribution in [2.24, 2.45) is 0 Å². The van der Waals surface area contributed by atoms with Crippen LogP contribution >= 0.6 is 0 Å². The van der Waals surface area contributed by atoms with Crippen molar-refractivity contribution < 1.29 is 18.7 Å². The third kappa shape index (κ3) is 4.75. The van der Waals surface area contributed by atoms with E-state index in [9.17, 15) is 4.79 Å². The molecular formula is C23H32N2O4. The van der Waals surface area contributed by atoms with Crippen LogP contribution in [0.15, 0.2) is 22.6 Å². The van der Waals surface area contributed by atoms with Crippen molar-refractivity contribution in [3.05, 3.63) is 46.4 Å². The van der Waals surface area contributed by atoms with Crippen LogP contribution in [-0.4, -0.2) is 63.2 Å². The number of furan rings is 1. The molecule has 1 aromatic heterocycles. The molecule has 0 saturated heterocycles. The Hall–Kier alpha value is -2.47. The maximum atomic E-state index is 12.9. The molecule has 2 heterocycles. The van der Waals surface area contributed by atoms with E-state index in [0.717, 1.165) is 61.5 Å². The second-order valence-corrected chi connectivity index (χ2v) is 7.71. The number of hydrogen-bond donors (Lipinski definition) is 0. The summed E-state index contributed by atoms with van der Waals surface area (Å²) in [4.78, 5) is 17.2. The van der Waals surface area contributed by atoms with Crippen LogP contribution in [0.3, 0.4) is 0 Å². The summed E-state index contributed by atoms with van der Waals surface area (Å²) >= 11 is 0. The fourth-order valence-electron chi connectivity index (χ4n) is 4.06. The summed E-state index contributed by atoms with van der Waals surface area (Å²) in [6, 6.07) is 5.79. The number of aryl methyl sites for hydroxylation is 2. The number of rotatable bonds is 9. The minimum Gasteiger partial charge on any atom is -0.493 e. The second-order valence-electron chi connectivity index (χ2n) is 7.71. The molecule has 6 heteroatoms. The Balaban J connectivity index is 1.50. The monoisotopic (exact) mass is 400 g/mol. The highest BCUT2D eigenvalue weighted by Crippen LogP contribution is 2.36. The quantitative estimate of drug-likeness (QED) is 0.645. The van der Waals surface area contributed by atoms with Crippen LogP contribution in [0.2, 0.25) is 0 Å². The van der Waals surface area contributed by atoms with Gasteiger partial charge in [0.15, 0.2) is 11.5 Å². The van der Waals surface area contributed by atoms with Crippen molar-refractivity contribution in [1.82, 2.24) is 9.80 Å². The molecule has 1 aliphatic heterocycles. The highest BCUT2D eigenvalue weighted by molar-refractivity contribution is 5.97. The first-order valence-corrected chi connectivity index (χ1v) is 10.2. The molecule has 6 nitrogen and oxygen atoms in total. The number of fused-ring (bicyclic) bond motifs is 1. The van der Waals surface area contributed by atoms with E-state index in [0.29, 0.717) is 18.0 Å². The van der Waals surface area contributed by atoms with Crippen molar-refractivity contribution in [2.75, 3.05) is 47.4 Å². The van der Waals surface area contributed by atoms with Crippen LogP contribution in [0.4, 0.5) is 0 Å². The summed E-state index contributed by atoms with van der Waals surface area (Å²) in [5.41, 5.74) is 2.96. The summed E-state index contributed by atoms with van der Waals surface area (Å²) in [5, 5.41) is 0. The molecule has 1 aliphatic rings. The van der Waals surface area contributed by atoms with E-state index < -0.39 is 0 Å². The van der Waals surface area contributed by atoms with Gasteiger partial charge in [-0.1, -0.05) is 0 Å². The average molecular weight is 401 g/mol. The molecule has 0 fully saturated rings. The molecule has 1 amide bonds. The van der Waals surface area contributed by atoms with Crippen molar-refractivity contribution >= 4 is 5.91 Å². The Morgan fingerprint density at radius 3 is 2.62 bits per heavy atom. The van der Waals surface area contributed by atoms with Crippen molar-refractivity contribution in [2.45, 2.75) is 33.1 Å². The first-order valence-electron chi connectivity index (χ1n) is 10.2. The molecule has 158 valence electrons. The minimum absolute atomic E-state index is 0.0827. The van der Waals surface area contributed by atoms with Gasteiger partial charge >= 0.3 is 0 Å². The Bertz CT molecular complexity index is 859. The molecule has 0 radical (unpaired) electrons. The Kier molecular flexibility index (Phi) is 6.85. The zero-order valence-electron chi connectivity index (χ0n) is 18.2. The third-order valence-corrected chi connectivity index (χ3v) is 5.67. The van der Waals surface area contributed by atoms with Gasteiger partial charge in [0.05, 0.1) is 14.2 Å². The van der Waals surface area contributed by atoms with Gasteiger partial charge in [0.1, 0.15) is 11.5 Å². The standard InChI is InChI=1S/C23H32N2O4/c1-16-15-18(17(2)29-16)9-13-24(3)11-6-12-25-14-10-19-20(23(25)26)7-8-21(27-4)22(19)28-5/h7-8,15H,6,9-14H2,1-5H3. The van der Waals surface area contributed by atoms with Crippen LogP contribution in [0, 0.1) is 13.8 Å². The lowest BCUT2D eigenvalue weighted by Gasteiger charge is -2.30. The lowest BCUT2D eigenvalue weighted by molar-refractivity contribution is 0.0731. The van der Waals surface area contributed by atoms with Gasteiger partial charge in [0, 0.05) is 30.8 Å². The number of likely N-dealkylation sites (N-methyl/N-ethyl adjacent to an activating group) is 1. The maximum absolute atomic E-state index is 12.9. The number of nitrogens with zero attached hydrogens (tertiary/aromatic N) is 2. The zero-order chi connectivity index (χ0) is 21.0. The summed E-state index contributed by atoms with van der Waals surface area (Å²) in [6.45, 7) is 7.42. The number of amides is 1. The molecule has 1 aromatic carbocycles. The predicted molar refractivity (Wildman–Crippen MR) is 113 cm³/mol. The molecule has 0 unspecified atom stereocenters. The number of carbonyl (C=O) groups is 1. The predicted octanol–water partition coefficient (Wildman–Crippen LogP) is 3.48. The second kappa shape index (κ2) is 9.35. The topological polar surface area (TPSA) is 55.2 Å². The normalized spacial score (nSPS) is 13.7. The fraction of sp³-hybridized carbons (Fsp3) is 0.522. The summed E-state index contributed by atoms with van der Waals surface area (Å²) < 4.78 is 16.5. The van der Waals surface area contributed by atoms with Gasteiger partial charge < -0.3 is 23.7 Å². The molecule has 0 saturated carbocycles. The van der Waals surface area contributed by atoms with Gasteiger partial charge in [-0.15, -0.1) is 0 Å². The molecule has 0 atom stereocenters. The smallest absolute Gasteiger partial charge is 0.254 e. The maximum Gasteiger partial charge on any atom is 0.254 e. The molecule has 0 aliphatic carbocycles. The van der Waals surface area contributed by atoms with Gasteiger partial charge in [-0.2, -0.15) is 0 Å². The fourth-order valence-corrected chi connectivity index (χ4v) is 4.06. The first kappa shape index (κ1) is 21.2. The van der Waals surface area contributed by atoms with E-state index in [4.69, 9.17) is 13.9 Å². The average Bonchev–Trinajstić information content (AvgIpc) is 3.04. The van der Waals surface area contributed by atoms with Crippen molar-refractivity contribution in [3.8, 4) is 11.5 Å². The number of methoxy groups -OCH3 is 2. The van der Waals surface area contributed by atoms with Crippen LogP contribution in [0.25, 0.3) is 0 Å². The van der Waals surface area contributed by atoms with Crippen LogP contribution in [0.5, 0.6) is 11.5 Å². The molecule has 29 heavy (non-hydrogen) atoms. The number of ether oxygens (including phenoxy) is 2. The lowest BCUT2D eigenvalue weighted by Crippen LogP contribution is -2.39. The summed E-state index contributed by atoms with van der Waals surface area (Å²) in [5.74, 6) is 3.43. The Morgan fingerprint density at radius 2 is 1.97 bits per heavy atom. The van der Waals surface area contributed by atoms with E-state index in [2.05, 4.69) is 18.0 Å². The highest BCUT2D eigenvalue weighted by atomic mass is 16.5. The summed E-state index contributed by atoms with van der Waals surface area (Å²) in [6.07, 6.45) is 2.72. The molecule has 0 spiro atoms. The molecular weight excluding hydrogens is 368 g/mol. The minimum atomic E-state index is 0.0827. The SMILES string of the molecule is COc1ccc2c(c1OC)CCN(CCCN(C)CCc1cc(C)oc1C)C2=O. The van der Waals surface area contributed by atoms with E-state index in [1.165, 1.54) is 5.56 Å². The third-order valence-electron chi connectivity index (χ3n) is 5.67. The molecule has 0 bridgehead atoms. The largest absolute Gasteiger partial charge is 0.493 e. The van der Waals surface area contributed by atoms with Gasteiger partial charge in [-0.25, -0.2) is 0 Å². The number of carbonyl (C=O) groups excluding carboxylic acids is 1. The van der Waals surface area contributed by atoms with Gasteiger partial charge in [0.25, 0.3) is 5.91 Å². The van der Waals surface area contributed by atoms with Crippen LogP contribution in [-0.2, 0) is 12.8 Å². The van der Waals surface area contributed by atoms with E-state index in [1.807, 2.05) is 30.9 Å². The van der Waals surface area contributed by atoms with E-state index in [-0.39, 0.29) is 5.91 Å². The van der Waals surface area contributed by atoms with Crippen molar-refractivity contribution in [3.63, 3.8) is 0 Å². The van der Waals surface area contributed by atoms with Crippen LogP contribution < -0.4 is 9.47 Å². The first-order chi connectivity index (χ1) is 13.9. The van der Waals surface area contributed by atoms with Crippen LogP contribution in [0.1, 0.15) is 39.4 Å². The molecule has 3 rings (SSSR count). The number of benzene rings is 1. The van der Waals surface area contributed by atoms with Gasteiger partial charge in [-0.05, 0) is 70.5 Å². The van der Waals surface area contributed by atoms with E-state index in [1.54, 1.807) is 14.2 Å². The number of hydrogen-bond acceptors (Lipinski definition) is 5. The highest BCUT2D eigenvalue weighted by Gasteiger charge is 2.28. The van der Waals surface area contributed by atoms with Gasteiger partial charge in [0.2, 0.25) is 0 Å². The van der Waals surface area contributed by atoms with E-state index >= 15 is 0 Å². The Labute approximate surface area is 173 Å². The van der Waals surface area contributed by atoms with Crippen molar-refractivity contribution in [1.29, 1.82) is 0 Å².